The van der Waals surface area contributed by atoms with E-state index in [0.717, 1.165) is 30.3 Å². The molecule has 4 nitrogen and oxygen atoms in total. The molecule has 0 aromatic rings. The van der Waals surface area contributed by atoms with Gasteiger partial charge >= 0.3 is 0 Å². The fraction of sp³-hybridized carbons (Fsp3) is 0.762. The number of likely N-dealkylation sites (tertiary alicyclic amines) is 1. The van der Waals surface area contributed by atoms with Gasteiger partial charge in [0.05, 0.1) is 6.61 Å². The van der Waals surface area contributed by atoms with Gasteiger partial charge in [0.1, 0.15) is 5.82 Å². The lowest BCUT2D eigenvalue weighted by Crippen LogP contribution is -2.30. The first-order chi connectivity index (χ1) is 12.2. The predicted molar refractivity (Wildman–Crippen MR) is 111 cm³/mol. The number of nitrogens with zero attached hydrogens (tertiary/aromatic N) is 2. The second kappa shape index (κ2) is 15.0. The largest absolute Gasteiger partial charge is 0.390 e. The maximum absolute atomic E-state index is 9.22. The van der Waals surface area contributed by atoms with Crippen LogP contribution >= 0.6 is 0 Å². The Balaban J connectivity index is 0.00000134. The Kier molecular flexibility index (Phi) is 14.2. The summed E-state index contributed by atoms with van der Waals surface area (Å²) in [5.41, 5.74) is 1.76. The van der Waals surface area contributed by atoms with Crippen LogP contribution in [0.15, 0.2) is 29.2 Å². The van der Waals surface area contributed by atoms with Crippen molar-refractivity contribution in [3.63, 3.8) is 0 Å². The molecule has 0 unspecified atom stereocenters. The molecule has 2 fully saturated rings. The molecule has 0 radical (unpaired) electrons. The van der Waals surface area contributed by atoms with Crippen molar-refractivity contribution < 1.29 is 5.11 Å². The second-order valence-corrected chi connectivity index (χ2v) is 6.20. The Labute approximate surface area is 156 Å². The third-order valence-corrected chi connectivity index (χ3v) is 4.31. The number of nitrogens with one attached hydrogen (secondary N) is 1. The van der Waals surface area contributed by atoms with E-state index in [-0.39, 0.29) is 6.61 Å². The molecule has 25 heavy (non-hydrogen) atoms. The molecule has 2 rings (SSSR count). The summed E-state index contributed by atoms with van der Waals surface area (Å²) >= 11 is 0. The van der Waals surface area contributed by atoms with Crippen LogP contribution in [0.2, 0.25) is 0 Å². The van der Waals surface area contributed by atoms with Gasteiger partial charge < -0.3 is 15.3 Å². The van der Waals surface area contributed by atoms with Crippen molar-refractivity contribution in [2.75, 3.05) is 19.7 Å². The van der Waals surface area contributed by atoms with Crippen molar-refractivity contribution in [2.24, 2.45) is 4.99 Å². The Morgan fingerprint density at radius 2 is 1.64 bits per heavy atom. The number of hydrogen-bond acceptors (Lipinski definition) is 4. The first kappa shape index (κ1) is 23.7. The van der Waals surface area contributed by atoms with E-state index in [1.54, 1.807) is 0 Å². The highest BCUT2D eigenvalue weighted by Gasteiger charge is 2.16. The molecule has 1 aliphatic heterocycles. The highest BCUT2D eigenvalue weighted by Crippen LogP contribution is 2.20. The first-order valence-corrected chi connectivity index (χ1v) is 10.3. The van der Waals surface area contributed by atoms with Crippen LogP contribution in [0.5, 0.6) is 0 Å². The standard InChI is InChI=1S/C17H29N3O.2C2H6/c1-14(13-21)18-17(19-16-8-4-3-5-9-16)12-15(2)20-10-6-7-11-20;2*1-2/h12,16,19,21H,2-11,13H2,1H3;2*1-2H3/b17-12+,18-14+;;. The zero-order valence-corrected chi connectivity index (χ0v) is 17.3. The maximum Gasteiger partial charge on any atom is 0.128 e. The van der Waals surface area contributed by atoms with Gasteiger partial charge in [0.2, 0.25) is 0 Å². The van der Waals surface area contributed by atoms with Crippen LogP contribution in [0.3, 0.4) is 0 Å². The van der Waals surface area contributed by atoms with E-state index >= 15 is 0 Å². The average molecular weight is 352 g/mol. The topological polar surface area (TPSA) is 47.9 Å². The number of aliphatic hydroxyl groups is 1. The van der Waals surface area contributed by atoms with Gasteiger partial charge in [-0.15, -0.1) is 0 Å². The zero-order valence-electron chi connectivity index (χ0n) is 17.3. The van der Waals surface area contributed by atoms with E-state index in [1.165, 1.54) is 44.9 Å². The van der Waals surface area contributed by atoms with Gasteiger partial charge in [-0.3, -0.25) is 0 Å². The number of aliphatic imine (C=N–C) groups is 1. The smallest absolute Gasteiger partial charge is 0.128 e. The molecule has 0 atom stereocenters. The minimum Gasteiger partial charge on any atom is -0.390 e. The van der Waals surface area contributed by atoms with E-state index in [4.69, 9.17) is 0 Å². The van der Waals surface area contributed by atoms with Crippen molar-refractivity contribution in [1.82, 2.24) is 10.2 Å². The van der Waals surface area contributed by atoms with Crippen molar-refractivity contribution in [2.45, 2.75) is 85.6 Å². The van der Waals surface area contributed by atoms with E-state index in [2.05, 4.69) is 21.8 Å². The van der Waals surface area contributed by atoms with Crippen LogP contribution in [0.1, 0.15) is 79.6 Å². The average Bonchev–Trinajstić information content (AvgIpc) is 3.20. The van der Waals surface area contributed by atoms with Crippen molar-refractivity contribution >= 4 is 5.71 Å². The molecule has 1 saturated heterocycles. The third-order valence-electron chi connectivity index (χ3n) is 4.31. The molecule has 4 heteroatoms. The Morgan fingerprint density at radius 1 is 1.08 bits per heavy atom. The predicted octanol–water partition coefficient (Wildman–Crippen LogP) is 4.87. The molecule has 0 spiro atoms. The fourth-order valence-corrected chi connectivity index (χ4v) is 3.06. The van der Waals surface area contributed by atoms with Gasteiger partial charge in [-0.25, -0.2) is 4.99 Å². The summed E-state index contributed by atoms with van der Waals surface area (Å²) in [6.07, 6.45) is 10.9. The molecular formula is C21H41N3O. The molecule has 1 saturated carbocycles. The number of aliphatic hydroxyl groups excluding tert-OH is 1. The lowest BCUT2D eigenvalue weighted by atomic mass is 9.95. The van der Waals surface area contributed by atoms with Crippen molar-refractivity contribution in [3.8, 4) is 0 Å². The summed E-state index contributed by atoms with van der Waals surface area (Å²) < 4.78 is 0. The zero-order chi connectivity index (χ0) is 19.1. The van der Waals surface area contributed by atoms with Crippen LogP contribution in [-0.2, 0) is 0 Å². The number of allylic oxidation sites excluding steroid dienone is 1. The summed E-state index contributed by atoms with van der Waals surface area (Å²) in [6, 6.07) is 0.506. The molecule has 1 aliphatic carbocycles. The molecule has 0 amide bonds. The molecule has 0 bridgehead atoms. The fourth-order valence-electron chi connectivity index (χ4n) is 3.06. The van der Waals surface area contributed by atoms with Crippen LogP contribution in [0, 0.1) is 0 Å². The van der Waals surface area contributed by atoms with Gasteiger partial charge in [-0.2, -0.15) is 0 Å². The minimum absolute atomic E-state index is 0.000122. The summed E-state index contributed by atoms with van der Waals surface area (Å²) in [5, 5.41) is 12.8. The van der Waals surface area contributed by atoms with Gasteiger partial charge in [0, 0.05) is 36.6 Å². The normalized spacial score (nSPS) is 18.7. The van der Waals surface area contributed by atoms with Crippen molar-refractivity contribution in [3.05, 3.63) is 24.2 Å². The number of rotatable bonds is 6. The van der Waals surface area contributed by atoms with Gasteiger partial charge in [-0.1, -0.05) is 53.5 Å². The Morgan fingerprint density at radius 3 is 2.16 bits per heavy atom. The molecule has 0 aromatic heterocycles. The summed E-state index contributed by atoms with van der Waals surface area (Å²) in [6.45, 7) is 16.2. The second-order valence-electron chi connectivity index (χ2n) is 6.20. The van der Waals surface area contributed by atoms with Crippen LogP contribution in [0.25, 0.3) is 0 Å². The highest BCUT2D eigenvalue weighted by atomic mass is 16.3. The summed E-state index contributed by atoms with van der Waals surface area (Å²) in [7, 11) is 0. The lowest BCUT2D eigenvalue weighted by Gasteiger charge is -2.25. The first-order valence-electron chi connectivity index (χ1n) is 10.3. The lowest BCUT2D eigenvalue weighted by molar-refractivity contribution is 0.356. The molecule has 1 heterocycles. The number of hydrogen-bond donors (Lipinski definition) is 2. The van der Waals surface area contributed by atoms with E-state index < -0.39 is 0 Å². The Hall–Kier alpha value is -1.29. The molecule has 2 aliphatic rings. The van der Waals surface area contributed by atoms with E-state index in [9.17, 15) is 5.11 Å². The van der Waals surface area contributed by atoms with Gasteiger partial charge in [0.25, 0.3) is 0 Å². The van der Waals surface area contributed by atoms with Crippen LogP contribution in [-0.4, -0.2) is 41.5 Å². The summed E-state index contributed by atoms with van der Waals surface area (Å²) in [5.74, 6) is 0.852. The SMILES string of the molecule is C=C(/C=C(\N=C(/C)CO)NC1CCCCC1)N1CCCC1.CC.CC. The van der Waals surface area contributed by atoms with E-state index in [1.807, 2.05) is 40.7 Å². The monoisotopic (exact) mass is 351 g/mol. The molecule has 146 valence electrons. The van der Waals surface area contributed by atoms with Gasteiger partial charge in [-0.05, 0) is 32.6 Å². The van der Waals surface area contributed by atoms with Crippen molar-refractivity contribution in [1.29, 1.82) is 0 Å². The maximum atomic E-state index is 9.22. The molecule has 0 aromatic carbocycles. The highest BCUT2D eigenvalue weighted by molar-refractivity contribution is 5.83. The minimum atomic E-state index is -0.000122. The van der Waals surface area contributed by atoms with E-state index in [0.29, 0.717) is 6.04 Å². The van der Waals surface area contributed by atoms with Crippen LogP contribution < -0.4 is 5.32 Å². The third kappa shape index (κ3) is 9.69. The van der Waals surface area contributed by atoms with Crippen LogP contribution in [0.4, 0.5) is 0 Å². The quantitative estimate of drug-likeness (QED) is 0.530. The Bertz CT molecular complexity index is 403. The van der Waals surface area contributed by atoms with Gasteiger partial charge in [0.15, 0.2) is 0 Å². The molecule has 2 N–H and O–H groups in total. The molecular weight excluding hydrogens is 310 g/mol. The summed E-state index contributed by atoms with van der Waals surface area (Å²) in [4.78, 5) is 6.84.